The normalized spacial score (nSPS) is 11.6. The van der Waals surface area contributed by atoms with Crippen LogP contribution in [0.15, 0.2) is 30.3 Å². The van der Waals surface area contributed by atoms with Crippen LogP contribution >= 0.6 is 11.5 Å². The molecule has 0 bridgehead atoms. The van der Waals surface area contributed by atoms with Crippen LogP contribution in [0.4, 0.5) is 18.3 Å². The summed E-state index contributed by atoms with van der Waals surface area (Å²) in [6.07, 6.45) is -4.29. The van der Waals surface area contributed by atoms with Crippen LogP contribution in [0.5, 0.6) is 0 Å². The van der Waals surface area contributed by atoms with E-state index in [1.54, 1.807) is 0 Å². The van der Waals surface area contributed by atoms with Gasteiger partial charge >= 0.3 is 6.18 Å². The van der Waals surface area contributed by atoms with Gasteiger partial charge in [-0.15, -0.1) is 0 Å². The van der Waals surface area contributed by atoms with Gasteiger partial charge in [0, 0.05) is 23.6 Å². The lowest BCUT2D eigenvalue weighted by Crippen LogP contribution is -2.20. The van der Waals surface area contributed by atoms with Gasteiger partial charge in [-0.1, -0.05) is 30.3 Å². The number of halogens is 3. The van der Waals surface area contributed by atoms with Crippen molar-refractivity contribution in [2.75, 3.05) is 25.1 Å². The zero-order valence-electron chi connectivity index (χ0n) is 10.4. The molecule has 2 aromatic rings. The molecule has 0 radical (unpaired) electrons. The largest absolute Gasteiger partial charge is 0.411 e. The molecule has 1 heterocycles. The molecule has 0 aliphatic carbocycles. The highest BCUT2D eigenvalue weighted by atomic mass is 32.1. The van der Waals surface area contributed by atoms with E-state index < -0.39 is 12.8 Å². The molecular formula is C12H12F3N3OS. The molecule has 0 saturated heterocycles. The average molecular weight is 303 g/mol. The maximum Gasteiger partial charge on any atom is 0.411 e. The number of nitrogens with one attached hydrogen (secondary N) is 1. The Bertz CT molecular complexity index is 530. The van der Waals surface area contributed by atoms with E-state index in [9.17, 15) is 13.2 Å². The minimum atomic E-state index is -4.29. The molecule has 0 unspecified atom stereocenters. The summed E-state index contributed by atoms with van der Waals surface area (Å²) in [5.41, 5.74) is 0.894. The predicted molar refractivity (Wildman–Crippen MR) is 70.7 cm³/mol. The standard InChI is InChI=1S/C12H12F3N3OS/c13-12(14,15)8-19-7-6-16-11-17-10(18-20-11)9-4-2-1-3-5-9/h1-5H,6-8H2,(H,16,17,18). The van der Waals surface area contributed by atoms with Gasteiger partial charge in [0.05, 0.1) is 6.61 Å². The number of rotatable bonds is 6. The number of ether oxygens (including phenoxy) is 1. The molecule has 8 heteroatoms. The molecule has 0 saturated carbocycles. The fourth-order valence-corrected chi connectivity index (χ4v) is 2.03. The van der Waals surface area contributed by atoms with Crippen LogP contribution in [-0.4, -0.2) is 35.3 Å². The number of alkyl halides is 3. The summed E-state index contributed by atoms with van der Waals surface area (Å²) in [4.78, 5) is 4.25. The Balaban J connectivity index is 1.76. The molecule has 0 aliphatic rings. The first-order chi connectivity index (χ1) is 9.54. The number of hydrogen-bond acceptors (Lipinski definition) is 5. The third kappa shape index (κ3) is 4.78. The van der Waals surface area contributed by atoms with Crippen molar-refractivity contribution in [1.82, 2.24) is 9.36 Å². The Morgan fingerprint density at radius 1 is 1.20 bits per heavy atom. The first-order valence-corrected chi connectivity index (χ1v) is 6.59. The molecule has 1 N–H and O–H groups in total. The summed E-state index contributed by atoms with van der Waals surface area (Å²) < 4.78 is 44.1. The van der Waals surface area contributed by atoms with Crippen molar-refractivity contribution in [2.45, 2.75) is 6.18 Å². The van der Waals surface area contributed by atoms with Crippen LogP contribution in [0.2, 0.25) is 0 Å². The topological polar surface area (TPSA) is 47.0 Å². The monoisotopic (exact) mass is 303 g/mol. The first-order valence-electron chi connectivity index (χ1n) is 5.82. The van der Waals surface area contributed by atoms with Gasteiger partial charge in [-0.2, -0.15) is 22.5 Å². The summed E-state index contributed by atoms with van der Waals surface area (Å²) in [5.74, 6) is 0.592. The van der Waals surface area contributed by atoms with Crippen LogP contribution in [0, 0.1) is 0 Å². The van der Waals surface area contributed by atoms with Crippen LogP contribution in [0.1, 0.15) is 0 Å². The molecular weight excluding hydrogens is 291 g/mol. The Kier molecular flexibility index (Phi) is 4.91. The highest BCUT2D eigenvalue weighted by Crippen LogP contribution is 2.20. The van der Waals surface area contributed by atoms with Gasteiger partial charge in [-0.3, -0.25) is 0 Å². The van der Waals surface area contributed by atoms with E-state index in [1.807, 2.05) is 30.3 Å². The second-order valence-electron chi connectivity index (χ2n) is 3.88. The summed E-state index contributed by atoms with van der Waals surface area (Å²) in [6.45, 7) is -1.03. The summed E-state index contributed by atoms with van der Waals surface area (Å²) >= 11 is 1.16. The molecule has 0 atom stereocenters. The molecule has 20 heavy (non-hydrogen) atoms. The average Bonchev–Trinajstić information content (AvgIpc) is 2.87. The fraction of sp³-hybridized carbons (Fsp3) is 0.333. The molecule has 0 amide bonds. The Labute approximate surface area is 117 Å². The van der Waals surface area contributed by atoms with E-state index in [2.05, 4.69) is 19.4 Å². The SMILES string of the molecule is FC(F)(F)COCCNc1nc(-c2ccccc2)ns1. The third-order valence-corrected chi connectivity index (χ3v) is 2.92. The number of hydrogen-bond donors (Lipinski definition) is 1. The van der Waals surface area contributed by atoms with Crippen molar-refractivity contribution in [2.24, 2.45) is 0 Å². The highest BCUT2D eigenvalue weighted by molar-refractivity contribution is 7.09. The second kappa shape index (κ2) is 6.67. The van der Waals surface area contributed by atoms with Crippen LogP contribution in [-0.2, 0) is 4.74 Å². The van der Waals surface area contributed by atoms with Crippen molar-refractivity contribution in [1.29, 1.82) is 0 Å². The van der Waals surface area contributed by atoms with E-state index in [0.29, 0.717) is 11.0 Å². The van der Waals surface area contributed by atoms with E-state index in [-0.39, 0.29) is 13.2 Å². The van der Waals surface area contributed by atoms with Gasteiger partial charge < -0.3 is 10.1 Å². The molecule has 108 valence electrons. The summed E-state index contributed by atoms with van der Waals surface area (Å²) in [5, 5.41) is 3.43. The van der Waals surface area contributed by atoms with Gasteiger partial charge in [-0.25, -0.2) is 0 Å². The second-order valence-corrected chi connectivity index (χ2v) is 4.64. The van der Waals surface area contributed by atoms with Gasteiger partial charge in [0.15, 0.2) is 5.82 Å². The molecule has 1 aromatic heterocycles. The lowest BCUT2D eigenvalue weighted by molar-refractivity contribution is -0.172. The quantitative estimate of drug-likeness (QED) is 0.833. The number of anilines is 1. The van der Waals surface area contributed by atoms with Gasteiger partial charge in [0.1, 0.15) is 6.61 Å². The maximum atomic E-state index is 11.8. The van der Waals surface area contributed by atoms with Crippen molar-refractivity contribution in [3.63, 3.8) is 0 Å². The summed E-state index contributed by atoms with van der Waals surface area (Å²) in [7, 11) is 0. The molecule has 1 aromatic carbocycles. The maximum absolute atomic E-state index is 11.8. The van der Waals surface area contributed by atoms with E-state index >= 15 is 0 Å². The van der Waals surface area contributed by atoms with Crippen LogP contribution in [0.25, 0.3) is 11.4 Å². The lowest BCUT2D eigenvalue weighted by atomic mass is 10.2. The molecule has 0 fully saturated rings. The number of benzene rings is 1. The van der Waals surface area contributed by atoms with E-state index in [1.165, 1.54) is 0 Å². The van der Waals surface area contributed by atoms with Gasteiger partial charge in [0.25, 0.3) is 0 Å². The van der Waals surface area contributed by atoms with Crippen LogP contribution in [0.3, 0.4) is 0 Å². The first kappa shape index (κ1) is 14.7. The zero-order valence-corrected chi connectivity index (χ0v) is 11.2. The minimum Gasteiger partial charge on any atom is -0.370 e. The van der Waals surface area contributed by atoms with Crippen molar-refractivity contribution < 1.29 is 17.9 Å². The van der Waals surface area contributed by atoms with Crippen molar-refractivity contribution in [3.05, 3.63) is 30.3 Å². The van der Waals surface area contributed by atoms with Gasteiger partial charge in [0.2, 0.25) is 5.13 Å². The molecule has 4 nitrogen and oxygen atoms in total. The Hall–Kier alpha value is -1.67. The summed E-state index contributed by atoms with van der Waals surface area (Å²) in [6, 6.07) is 9.44. The number of aromatic nitrogens is 2. The smallest absolute Gasteiger partial charge is 0.370 e. The minimum absolute atomic E-state index is 0.0419. The molecule has 0 spiro atoms. The number of nitrogens with zero attached hydrogens (tertiary/aromatic N) is 2. The Morgan fingerprint density at radius 3 is 2.65 bits per heavy atom. The van der Waals surface area contributed by atoms with Crippen LogP contribution < -0.4 is 5.32 Å². The zero-order chi connectivity index (χ0) is 14.4. The predicted octanol–water partition coefficient (Wildman–Crippen LogP) is 3.20. The third-order valence-electron chi connectivity index (χ3n) is 2.25. The van der Waals surface area contributed by atoms with E-state index in [4.69, 9.17) is 0 Å². The van der Waals surface area contributed by atoms with Gasteiger partial charge in [-0.05, 0) is 0 Å². The molecule has 2 rings (SSSR count). The van der Waals surface area contributed by atoms with E-state index in [0.717, 1.165) is 17.1 Å². The fourth-order valence-electron chi connectivity index (χ4n) is 1.42. The lowest BCUT2D eigenvalue weighted by Gasteiger charge is -2.07. The Morgan fingerprint density at radius 2 is 1.95 bits per heavy atom. The van der Waals surface area contributed by atoms with Crippen molar-refractivity contribution in [3.8, 4) is 11.4 Å². The van der Waals surface area contributed by atoms with Crippen molar-refractivity contribution >= 4 is 16.7 Å². The molecule has 0 aliphatic heterocycles. The highest BCUT2D eigenvalue weighted by Gasteiger charge is 2.27.